The summed E-state index contributed by atoms with van der Waals surface area (Å²) in [5.74, 6) is 0.611. The Hall–Kier alpha value is -1.39. The van der Waals surface area contributed by atoms with Crippen molar-refractivity contribution in [2.75, 3.05) is 0 Å². The van der Waals surface area contributed by atoms with E-state index in [0.29, 0.717) is 17.1 Å². The van der Waals surface area contributed by atoms with E-state index in [0.717, 1.165) is 10.0 Å². The Labute approximate surface area is 113 Å². The molecule has 0 aliphatic carbocycles. The van der Waals surface area contributed by atoms with Crippen molar-refractivity contribution in [3.8, 4) is 11.5 Å². The van der Waals surface area contributed by atoms with Crippen LogP contribution in [-0.4, -0.2) is 5.11 Å². The highest BCUT2D eigenvalue weighted by molar-refractivity contribution is 9.10. The number of aliphatic hydroxyl groups is 1. The van der Waals surface area contributed by atoms with Crippen molar-refractivity contribution in [2.24, 2.45) is 0 Å². The summed E-state index contributed by atoms with van der Waals surface area (Å²) >= 11 is 3.34. The van der Waals surface area contributed by atoms with Gasteiger partial charge in [-0.1, -0.05) is 28.1 Å². The van der Waals surface area contributed by atoms with E-state index in [-0.39, 0.29) is 12.4 Å². The van der Waals surface area contributed by atoms with Crippen LogP contribution < -0.4 is 4.74 Å². The molecule has 18 heavy (non-hydrogen) atoms. The van der Waals surface area contributed by atoms with Crippen LogP contribution >= 0.6 is 15.9 Å². The van der Waals surface area contributed by atoms with Gasteiger partial charge in [-0.25, -0.2) is 4.39 Å². The molecule has 4 heteroatoms. The van der Waals surface area contributed by atoms with Crippen LogP contribution in [0.5, 0.6) is 11.5 Å². The van der Waals surface area contributed by atoms with Gasteiger partial charge in [0.2, 0.25) is 0 Å². The second-order valence-electron chi connectivity index (χ2n) is 3.92. The Bertz CT molecular complexity index is 570. The molecule has 0 aromatic heterocycles. The predicted octanol–water partition coefficient (Wildman–Crippen LogP) is 4.18. The average molecular weight is 311 g/mol. The number of hydrogen-bond acceptors (Lipinski definition) is 2. The molecule has 2 aromatic rings. The van der Waals surface area contributed by atoms with Crippen molar-refractivity contribution in [2.45, 2.75) is 13.5 Å². The molecular weight excluding hydrogens is 299 g/mol. The molecule has 0 fully saturated rings. The van der Waals surface area contributed by atoms with Crippen molar-refractivity contribution in [1.29, 1.82) is 0 Å². The molecule has 0 bridgehead atoms. The Morgan fingerprint density at radius 3 is 2.67 bits per heavy atom. The standard InChI is InChI=1S/C14H12BrFO2/c1-9-2-5-12(16)7-13(9)18-14-6-11(15)4-3-10(14)8-17/h2-7,17H,8H2,1H3. The Kier molecular flexibility index (Phi) is 3.99. The summed E-state index contributed by atoms with van der Waals surface area (Å²) < 4.78 is 19.7. The van der Waals surface area contributed by atoms with Crippen molar-refractivity contribution < 1.29 is 14.2 Å². The highest BCUT2D eigenvalue weighted by Crippen LogP contribution is 2.30. The molecule has 2 aromatic carbocycles. The lowest BCUT2D eigenvalue weighted by Crippen LogP contribution is -1.94. The van der Waals surface area contributed by atoms with Crippen LogP contribution in [0.25, 0.3) is 0 Å². The van der Waals surface area contributed by atoms with Crippen LogP contribution in [0.3, 0.4) is 0 Å². The van der Waals surface area contributed by atoms with E-state index in [1.165, 1.54) is 12.1 Å². The topological polar surface area (TPSA) is 29.5 Å². The monoisotopic (exact) mass is 310 g/mol. The Balaban J connectivity index is 2.38. The maximum Gasteiger partial charge on any atom is 0.134 e. The van der Waals surface area contributed by atoms with Crippen LogP contribution in [0, 0.1) is 12.7 Å². The van der Waals surface area contributed by atoms with Crippen molar-refractivity contribution in [3.05, 3.63) is 57.8 Å². The van der Waals surface area contributed by atoms with Gasteiger partial charge in [-0.2, -0.15) is 0 Å². The molecule has 0 aliphatic heterocycles. The van der Waals surface area contributed by atoms with E-state index >= 15 is 0 Å². The smallest absolute Gasteiger partial charge is 0.134 e. The molecule has 0 saturated heterocycles. The lowest BCUT2D eigenvalue weighted by atomic mass is 10.2. The summed E-state index contributed by atoms with van der Waals surface area (Å²) in [5, 5.41) is 9.24. The first kappa shape index (κ1) is 13.1. The zero-order valence-electron chi connectivity index (χ0n) is 9.78. The lowest BCUT2D eigenvalue weighted by molar-refractivity contribution is 0.276. The molecule has 2 rings (SSSR count). The Morgan fingerprint density at radius 2 is 1.94 bits per heavy atom. The first-order valence-corrected chi connectivity index (χ1v) is 6.23. The quantitative estimate of drug-likeness (QED) is 0.921. The van der Waals surface area contributed by atoms with Gasteiger partial charge in [0.05, 0.1) is 6.61 Å². The third-order valence-electron chi connectivity index (χ3n) is 2.57. The second-order valence-corrected chi connectivity index (χ2v) is 4.84. The van der Waals surface area contributed by atoms with Gasteiger partial charge < -0.3 is 9.84 Å². The summed E-state index contributed by atoms with van der Waals surface area (Å²) in [6, 6.07) is 9.69. The molecule has 0 radical (unpaired) electrons. The minimum Gasteiger partial charge on any atom is -0.457 e. The number of aliphatic hydroxyl groups excluding tert-OH is 1. The van der Waals surface area contributed by atoms with Gasteiger partial charge in [-0.15, -0.1) is 0 Å². The molecular formula is C14H12BrFO2. The zero-order chi connectivity index (χ0) is 13.1. The summed E-state index contributed by atoms with van der Waals surface area (Å²) in [4.78, 5) is 0. The number of benzene rings is 2. The van der Waals surface area contributed by atoms with Crippen LogP contribution in [0.2, 0.25) is 0 Å². The van der Waals surface area contributed by atoms with Gasteiger partial charge in [-0.05, 0) is 30.7 Å². The van der Waals surface area contributed by atoms with Crippen LogP contribution in [0.15, 0.2) is 40.9 Å². The Morgan fingerprint density at radius 1 is 1.17 bits per heavy atom. The molecule has 0 unspecified atom stereocenters. The molecule has 0 amide bonds. The number of ether oxygens (including phenoxy) is 1. The third kappa shape index (κ3) is 2.89. The number of halogens is 2. The van der Waals surface area contributed by atoms with E-state index in [1.54, 1.807) is 18.2 Å². The van der Waals surface area contributed by atoms with E-state index in [1.807, 2.05) is 13.0 Å². The molecule has 0 atom stereocenters. The summed E-state index contributed by atoms with van der Waals surface area (Å²) in [6.07, 6.45) is 0. The molecule has 2 nitrogen and oxygen atoms in total. The SMILES string of the molecule is Cc1ccc(F)cc1Oc1cc(Br)ccc1CO. The van der Waals surface area contributed by atoms with E-state index in [2.05, 4.69) is 15.9 Å². The van der Waals surface area contributed by atoms with Crippen LogP contribution in [0.4, 0.5) is 4.39 Å². The molecule has 0 spiro atoms. The molecule has 0 saturated carbocycles. The van der Waals surface area contributed by atoms with Gasteiger partial charge in [0.25, 0.3) is 0 Å². The number of aryl methyl sites for hydroxylation is 1. The van der Waals surface area contributed by atoms with Gasteiger partial charge in [0.15, 0.2) is 0 Å². The highest BCUT2D eigenvalue weighted by atomic mass is 79.9. The number of rotatable bonds is 3. The maximum absolute atomic E-state index is 13.2. The fourth-order valence-corrected chi connectivity index (χ4v) is 1.90. The first-order valence-electron chi connectivity index (χ1n) is 5.43. The lowest BCUT2D eigenvalue weighted by Gasteiger charge is -2.12. The molecule has 0 aliphatic rings. The third-order valence-corrected chi connectivity index (χ3v) is 3.06. The van der Waals surface area contributed by atoms with E-state index < -0.39 is 0 Å². The van der Waals surface area contributed by atoms with Crippen molar-refractivity contribution in [3.63, 3.8) is 0 Å². The molecule has 0 heterocycles. The van der Waals surface area contributed by atoms with E-state index in [4.69, 9.17) is 4.74 Å². The number of hydrogen-bond donors (Lipinski definition) is 1. The fraction of sp³-hybridized carbons (Fsp3) is 0.143. The van der Waals surface area contributed by atoms with Gasteiger partial charge in [-0.3, -0.25) is 0 Å². The van der Waals surface area contributed by atoms with Gasteiger partial charge in [0, 0.05) is 16.1 Å². The first-order chi connectivity index (χ1) is 8.60. The average Bonchev–Trinajstić information content (AvgIpc) is 2.34. The molecule has 94 valence electrons. The van der Waals surface area contributed by atoms with Crippen LogP contribution in [-0.2, 0) is 6.61 Å². The van der Waals surface area contributed by atoms with Crippen molar-refractivity contribution >= 4 is 15.9 Å². The van der Waals surface area contributed by atoms with Gasteiger partial charge >= 0.3 is 0 Å². The second kappa shape index (κ2) is 5.50. The van der Waals surface area contributed by atoms with Gasteiger partial charge in [0.1, 0.15) is 17.3 Å². The predicted molar refractivity (Wildman–Crippen MR) is 71.3 cm³/mol. The fourth-order valence-electron chi connectivity index (χ4n) is 1.56. The van der Waals surface area contributed by atoms with E-state index in [9.17, 15) is 9.50 Å². The summed E-state index contributed by atoms with van der Waals surface area (Å²) in [5.41, 5.74) is 1.49. The minimum atomic E-state index is -0.351. The molecule has 1 N–H and O–H groups in total. The minimum absolute atomic E-state index is 0.128. The summed E-state index contributed by atoms with van der Waals surface area (Å²) in [6.45, 7) is 1.71. The highest BCUT2D eigenvalue weighted by Gasteiger charge is 2.08. The van der Waals surface area contributed by atoms with Crippen LogP contribution in [0.1, 0.15) is 11.1 Å². The summed E-state index contributed by atoms with van der Waals surface area (Å²) in [7, 11) is 0. The zero-order valence-corrected chi connectivity index (χ0v) is 11.4. The van der Waals surface area contributed by atoms with Crippen molar-refractivity contribution in [1.82, 2.24) is 0 Å². The largest absolute Gasteiger partial charge is 0.457 e. The maximum atomic E-state index is 13.2. The normalized spacial score (nSPS) is 10.4.